The number of urea groups is 1. The van der Waals surface area contributed by atoms with Crippen molar-refractivity contribution in [1.29, 1.82) is 5.26 Å². The van der Waals surface area contributed by atoms with E-state index in [1.807, 2.05) is 30.3 Å². The summed E-state index contributed by atoms with van der Waals surface area (Å²) in [4.78, 5) is 32.4. The Balaban J connectivity index is 1.96. The van der Waals surface area contributed by atoms with Crippen LogP contribution in [0.3, 0.4) is 0 Å². The van der Waals surface area contributed by atoms with Gasteiger partial charge in [-0.25, -0.2) is 14.7 Å². The molecule has 3 rings (SSSR count). The summed E-state index contributed by atoms with van der Waals surface area (Å²) in [6.07, 6.45) is 1.37. The molecule has 1 fully saturated rings. The predicted octanol–water partition coefficient (Wildman–Crippen LogP) is 3.46. The molecule has 0 aliphatic carbocycles. The Morgan fingerprint density at radius 1 is 1.20 bits per heavy atom. The van der Waals surface area contributed by atoms with Crippen molar-refractivity contribution >= 4 is 33.6 Å². The summed E-state index contributed by atoms with van der Waals surface area (Å²) in [5.41, 5.74) is 0.515. The van der Waals surface area contributed by atoms with Crippen LogP contribution in [0.2, 0.25) is 0 Å². The monoisotopic (exact) mass is 398 g/mol. The number of hydrogen-bond acceptors (Lipinski definition) is 4. The van der Waals surface area contributed by atoms with Gasteiger partial charge in [0.15, 0.2) is 0 Å². The minimum Gasteiger partial charge on any atom is -0.305 e. The van der Waals surface area contributed by atoms with Crippen LogP contribution in [0.1, 0.15) is 25.1 Å². The molecule has 0 atom stereocenters. The van der Waals surface area contributed by atoms with Crippen LogP contribution in [0.15, 0.2) is 47.1 Å². The Hall–Kier alpha value is -2.72. The van der Waals surface area contributed by atoms with Gasteiger partial charge in [0.2, 0.25) is 0 Å². The van der Waals surface area contributed by atoms with Crippen molar-refractivity contribution < 1.29 is 9.59 Å². The number of nitriles is 1. The van der Waals surface area contributed by atoms with Crippen molar-refractivity contribution in [1.82, 2.24) is 9.88 Å². The highest BCUT2D eigenvalue weighted by Gasteiger charge is 2.51. The molecule has 0 saturated carbocycles. The molecule has 0 bridgehead atoms. The number of carbonyl (C=O) groups excluding carboxylic acids is 2. The first-order chi connectivity index (χ1) is 11.9. The summed E-state index contributed by atoms with van der Waals surface area (Å²) in [6, 6.07) is 12.1. The number of benzene rings is 1. The Bertz CT molecular complexity index is 887. The van der Waals surface area contributed by atoms with Gasteiger partial charge in [0.05, 0.1) is 11.9 Å². The second-order valence-electron chi connectivity index (χ2n) is 6.17. The largest absolute Gasteiger partial charge is 0.332 e. The van der Waals surface area contributed by atoms with E-state index >= 15 is 0 Å². The molecule has 0 N–H and O–H groups in total. The van der Waals surface area contributed by atoms with Gasteiger partial charge < -0.3 is 4.90 Å². The van der Waals surface area contributed by atoms with Crippen molar-refractivity contribution in [2.75, 3.05) is 4.90 Å². The lowest BCUT2D eigenvalue weighted by Gasteiger charge is -2.28. The number of pyridine rings is 1. The fraction of sp³-hybridized carbons (Fsp3) is 0.222. The number of carbonyl (C=O) groups is 2. The molecule has 1 saturated heterocycles. The number of nitrogens with zero attached hydrogens (tertiary/aromatic N) is 4. The lowest BCUT2D eigenvalue weighted by Crippen LogP contribution is -2.43. The zero-order chi connectivity index (χ0) is 18.2. The van der Waals surface area contributed by atoms with E-state index in [0.29, 0.717) is 12.2 Å². The molecule has 3 amide bonds. The smallest absolute Gasteiger partial charge is 0.305 e. The quantitative estimate of drug-likeness (QED) is 0.741. The van der Waals surface area contributed by atoms with Gasteiger partial charge in [-0.2, -0.15) is 5.26 Å². The van der Waals surface area contributed by atoms with Crippen LogP contribution >= 0.6 is 15.9 Å². The van der Waals surface area contributed by atoms with E-state index < -0.39 is 11.6 Å². The summed E-state index contributed by atoms with van der Waals surface area (Å²) in [5, 5.41) is 8.84. The standard InChI is InChI=1S/C18H15BrN4O2/c1-18(2)16(24)23(14-8-7-13(9-20)21-10-14)17(25)22(18)11-12-5-3-4-6-15(12)19/h3-8,10H,11H2,1-2H3. The summed E-state index contributed by atoms with van der Waals surface area (Å²) in [6.45, 7) is 3.75. The zero-order valence-corrected chi connectivity index (χ0v) is 15.3. The Morgan fingerprint density at radius 2 is 1.92 bits per heavy atom. The van der Waals surface area contributed by atoms with Crippen molar-refractivity contribution in [2.24, 2.45) is 0 Å². The van der Waals surface area contributed by atoms with Crippen LogP contribution in [0.4, 0.5) is 10.5 Å². The van der Waals surface area contributed by atoms with Crippen molar-refractivity contribution in [3.05, 3.63) is 58.3 Å². The van der Waals surface area contributed by atoms with E-state index in [2.05, 4.69) is 20.9 Å². The third-order valence-corrected chi connectivity index (χ3v) is 5.00. The van der Waals surface area contributed by atoms with Crippen LogP contribution < -0.4 is 4.90 Å². The number of hydrogen-bond donors (Lipinski definition) is 0. The lowest BCUT2D eigenvalue weighted by molar-refractivity contribution is -0.123. The molecular formula is C18H15BrN4O2. The van der Waals surface area contributed by atoms with Crippen LogP contribution in [-0.4, -0.2) is 27.4 Å². The third kappa shape index (κ3) is 2.89. The van der Waals surface area contributed by atoms with E-state index in [1.54, 1.807) is 19.9 Å². The molecule has 1 aliphatic rings. The van der Waals surface area contributed by atoms with Gasteiger partial charge in [-0.3, -0.25) is 4.79 Å². The summed E-state index contributed by atoms with van der Waals surface area (Å²) < 4.78 is 0.879. The molecule has 0 radical (unpaired) electrons. The molecule has 6 nitrogen and oxygen atoms in total. The Labute approximate surface area is 153 Å². The van der Waals surface area contributed by atoms with E-state index in [4.69, 9.17) is 5.26 Å². The summed E-state index contributed by atoms with van der Waals surface area (Å²) in [5.74, 6) is -0.323. The highest BCUT2D eigenvalue weighted by molar-refractivity contribution is 9.10. The zero-order valence-electron chi connectivity index (χ0n) is 13.7. The minimum atomic E-state index is -0.986. The van der Waals surface area contributed by atoms with Gasteiger partial charge in [-0.1, -0.05) is 34.1 Å². The van der Waals surface area contributed by atoms with E-state index in [9.17, 15) is 9.59 Å². The summed E-state index contributed by atoms with van der Waals surface area (Å²) >= 11 is 3.47. The average Bonchev–Trinajstić information content (AvgIpc) is 2.77. The first-order valence-corrected chi connectivity index (χ1v) is 8.41. The molecule has 1 aromatic carbocycles. The number of aromatic nitrogens is 1. The topological polar surface area (TPSA) is 77.3 Å². The number of halogens is 1. The van der Waals surface area contributed by atoms with Gasteiger partial charge in [0.25, 0.3) is 5.91 Å². The molecule has 2 aromatic rings. The fourth-order valence-electron chi connectivity index (χ4n) is 2.71. The molecule has 0 spiro atoms. The normalized spacial score (nSPS) is 16.2. The summed E-state index contributed by atoms with van der Waals surface area (Å²) in [7, 11) is 0. The fourth-order valence-corrected chi connectivity index (χ4v) is 3.12. The molecule has 1 aliphatic heterocycles. The van der Waals surface area contributed by atoms with Crippen LogP contribution in [0.25, 0.3) is 0 Å². The van der Waals surface area contributed by atoms with Crippen molar-refractivity contribution in [3.63, 3.8) is 0 Å². The first-order valence-electron chi connectivity index (χ1n) is 7.62. The van der Waals surface area contributed by atoms with Crippen LogP contribution in [0.5, 0.6) is 0 Å². The maximum atomic E-state index is 12.9. The molecular weight excluding hydrogens is 384 g/mol. The Morgan fingerprint density at radius 3 is 2.52 bits per heavy atom. The second-order valence-corrected chi connectivity index (χ2v) is 7.03. The molecule has 126 valence electrons. The second kappa shape index (κ2) is 6.30. The van der Waals surface area contributed by atoms with E-state index in [-0.39, 0.29) is 11.6 Å². The highest BCUT2D eigenvalue weighted by Crippen LogP contribution is 2.34. The highest BCUT2D eigenvalue weighted by atomic mass is 79.9. The van der Waals surface area contributed by atoms with Crippen molar-refractivity contribution in [2.45, 2.75) is 25.9 Å². The predicted molar refractivity (Wildman–Crippen MR) is 95.6 cm³/mol. The van der Waals surface area contributed by atoms with Gasteiger partial charge in [0.1, 0.15) is 17.3 Å². The third-order valence-electron chi connectivity index (χ3n) is 4.23. The number of imide groups is 1. The average molecular weight is 399 g/mol. The molecule has 2 heterocycles. The van der Waals surface area contributed by atoms with Crippen molar-refractivity contribution in [3.8, 4) is 6.07 Å². The van der Waals surface area contributed by atoms with Gasteiger partial charge >= 0.3 is 6.03 Å². The maximum absolute atomic E-state index is 12.9. The number of anilines is 1. The minimum absolute atomic E-state index is 0.229. The molecule has 7 heteroatoms. The molecule has 1 aromatic heterocycles. The van der Waals surface area contributed by atoms with Gasteiger partial charge in [-0.15, -0.1) is 0 Å². The Kier molecular flexibility index (Phi) is 4.31. The molecule has 25 heavy (non-hydrogen) atoms. The SMILES string of the molecule is CC1(C)C(=O)N(c2ccc(C#N)nc2)C(=O)N1Cc1ccccc1Br. The lowest BCUT2D eigenvalue weighted by atomic mass is 10.0. The van der Waals surface area contributed by atoms with E-state index in [1.165, 1.54) is 17.2 Å². The maximum Gasteiger partial charge on any atom is 0.332 e. The van der Waals surface area contributed by atoms with Crippen LogP contribution in [-0.2, 0) is 11.3 Å². The number of amides is 3. The first kappa shape index (κ1) is 17.1. The van der Waals surface area contributed by atoms with Gasteiger partial charge in [-0.05, 0) is 37.6 Å². The van der Waals surface area contributed by atoms with Gasteiger partial charge in [0, 0.05) is 11.0 Å². The number of rotatable bonds is 3. The molecule has 0 unspecified atom stereocenters. The van der Waals surface area contributed by atoms with Crippen LogP contribution in [0, 0.1) is 11.3 Å². The van der Waals surface area contributed by atoms with E-state index in [0.717, 1.165) is 14.9 Å².